The maximum Gasteiger partial charge on any atom is 0.276 e. The van der Waals surface area contributed by atoms with Crippen LogP contribution in [0.2, 0.25) is 0 Å². The summed E-state index contributed by atoms with van der Waals surface area (Å²) in [7, 11) is 1.55. The number of hydrogen-bond donors (Lipinski definition) is 2. The number of aliphatic hydroxyl groups is 1. The number of methoxy groups -OCH3 is 1. The van der Waals surface area contributed by atoms with Crippen LogP contribution in [0.15, 0.2) is 42.5 Å². The van der Waals surface area contributed by atoms with Crippen LogP contribution in [0.3, 0.4) is 0 Å². The van der Waals surface area contributed by atoms with Gasteiger partial charge < -0.3 is 14.6 Å². The summed E-state index contributed by atoms with van der Waals surface area (Å²) in [6.45, 7) is 4.41. The van der Waals surface area contributed by atoms with E-state index in [0.717, 1.165) is 24.0 Å². The zero-order valence-electron chi connectivity index (χ0n) is 17.0. The van der Waals surface area contributed by atoms with E-state index in [1.807, 2.05) is 26.0 Å². The van der Waals surface area contributed by atoms with Crippen LogP contribution in [0.25, 0.3) is 0 Å². The van der Waals surface area contributed by atoms with Crippen LogP contribution in [0.5, 0.6) is 11.5 Å². The Bertz CT molecular complexity index is 852. The number of benzene rings is 2. The molecule has 0 aliphatic heterocycles. The van der Waals surface area contributed by atoms with Gasteiger partial charge in [0.2, 0.25) is 0 Å². The molecule has 0 fully saturated rings. The van der Waals surface area contributed by atoms with E-state index in [1.54, 1.807) is 37.4 Å². The minimum Gasteiger partial charge on any atom is -0.493 e. The second-order valence-electron chi connectivity index (χ2n) is 6.23. The summed E-state index contributed by atoms with van der Waals surface area (Å²) in [5.74, 6) is 6.34. The molecule has 6 nitrogen and oxygen atoms in total. The highest BCUT2D eigenvalue weighted by Crippen LogP contribution is 2.28. The number of rotatable bonds is 9. The van der Waals surface area contributed by atoms with Gasteiger partial charge in [-0.05, 0) is 35.2 Å². The van der Waals surface area contributed by atoms with Gasteiger partial charge in [0, 0.05) is 6.42 Å². The van der Waals surface area contributed by atoms with Gasteiger partial charge in [0.1, 0.15) is 6.61 Å². The standard InChI is InChI=1S/C23H27NO5/c1-4-6-7-14-28-20-13-10-18(15-21(20)27-3)16-29-24-23(26)22(25)19-11-8-17(5-2)9-12-19/h8-13,15,22,25H,4-5,14,16H2,1-3H3,(H,24,26). The van der Waals surface area contributed by atoms with Crippen molar-refractivity contribution < 1.29 is 24.2 Å². The fourth-order valence-electron chi connectivity index (χ4n) is 2.54. The fraction of sp³-hybridized carbons (Fsp3) is 0.348. The van der Waals surface area contributed by atoms with Crippen molar-refractivity contribution >= 4 is 5.91 Å². The van der Waals surface area contributed by atoms with Gasteiger partial charge in [0.05, 0.1) is 13.7 Å². The summed E-state index contributed by atoms with van der Waals surface area (Å²) in [5, 5.41) is 10.1. The molecule has 2 aromatic carbocycles. The van der Waals surface area contributed by atoms with Crippen molar-refractivity contribution in [3.05, 3.63) is 59.2 Å². The summed E-state index contributed by atoms with van der Waals surface area (Å²) in [5.41, 5.74) is 4.70. The molecule has 2 N–H and O–H groups in total. The van der Waals surface area contributed by atoms with Gasteiger partial charge in [-0.1, -0.05) is 50.1 Å². The van der Waals surface area contributed by atoms with Crippen molar-refractivity contribution in [1.82, 2.24) is 5.48 Å². The molecule has 0 spiro atoms. The Kier molecular flexibility index (Phi) is 9.03. The first kappa shape index (κ1) is 22.3. The minimum absolute atomic E-state index is 0.111. The largest absolute Gasteiger partial charge is 0.493 e. The Morgan fingerprint density at radius 3 is 2.45 bits per heavy atom. The van der Waals surface area contributed by atoms with E-state index >= 15 is 0 Å². The molecule has 2 rings (SSSR count). The summed E-state index contributed by atoms with van der Waals surface area (Å²) in [6, 6.07) is 12.6. The maximum atomic E-state index is 12.1. The quantitative estimate of drug-likeness (QED) is 0.501. The third-order valence-electron chi connectivity index (χ3n) is 4.19. The van der Waals surface area contributed by atoms with Crippen molar-refractivity contribution in [2.45, 2.75) is 39.4 Å². The number of hydroxylamine groups is 1. The number of ether oxygens (including phenoxy) is 2. The summed E-state index contributed by atoms with van der Waals surface area (Å²) in [6.07, 6.45) is 0.377. The maximum absolute atomic E-state index is 12.1. The number of nitrogens with one attached hydrogen (secondary N) is 1. The smallest absolute Gasteiger partial charge is 0.276 e. The van der Waals surface area contributed by atoms with Gasteiger partial charge in [-0.15, -0.1) is 5.92 Å². The zero-order chi connectivity index (χ0) is 21.1. The number of aryl methyl sites for hydroxylation is 1. The molecular weight excluding hydrogens is 370 g/mol. The molecule has 0 heterocycles. The summed E-state index contributed by atoms with van der Waals surface area (Å²) in [4.78, 5) is 17.3. The van der Waals surface area contributed by atoms with Gasteiger partial charge in [-0.2, -0.15) is 0 Å². The van der Waals surface area contributed by atoms with E-state index in [2.05, 4.69) is 17.3 Å². The average molecular weight is 397 g/mol. The van der Waals surface area contributed by atoms with Crippen molar-refractivity contribution in [3.8, 4) is 23.3 Å². The number of amides is 1. The van der Waals surface area contributed by atoms with E-state index in [4.69, 9.17) is 14.3 Å². The molecule has 0 saturated heterocycles. The third-order valence-corrected chi connectivity index (χ3v) is 4.19. The highest BCUT2D eigenvalue weighted by molar-refractivity contribution is 5.80. The molecular formula is C23H27NO5. The Hall–Kier alpha value is -3.01. The second-order valence-corrected chi connectivity index (χ2v) is 6.23. The first-order valence-corrected chi connectivity index (χ1v) is 9.53. The number of carbonyl (C=O) groups is 1. The van der Waals surface area contributed by atoms with Gasteiger partial charge in [0.25, 0.3) is 5.91 Å². The highest BCUT2D eigenvalue weighted by atomic mass is 16.7. The Labute approximate surface area is 171 Å². The zero-order valence-corrected chi connectivity index (χ0v) is 17.0. The van der Waals surface area contributed by atoms with Gasteiger partial charge >= 0.3 is 0 Å². The molecule has 154 valence electrons. The topological polar surface area (TPSA) is 77.0 Å². The second kappa shape index (κ2) is 11.7. The van der Waals surface area contributed by atoms with Crippen LogP contribution in [-0.2, 0) is 22.7 Å². The molecule has 1 unspecified atom stereocenters. The fourth-order valence-corrected chi connectivity index (χ4v) is 2.54. The Morgan fingerprint density at radius 1 is 1.07 bits per heavy atom. The lowest BCUT2D eigenvalue weighted by Crippen LogP contribution is -2.29. The van der Waals surface area contributed by atoms with Gasteiger partial charge in [0.15, 0.2) is 17.6 Å². The highest BCUT2D eigenvalue weighted by Gasteiger charge is 2.17. The van der Waals surface area contributed by atoms with Crippen LogP contribution in [0.4, 0.5) is 0 Å². The first-order valence-electron chi connectivity index (χ1n) is 9.53. The Balaban J connectivity index is 1.87. The predicted molar refractivity (Wildman–Crippen MR) is 110 cm³/mol. The number of carbonyl (C=O) groups excluding carboxylic acids is 1. The molecule has 0 bridgehead atoms. The average Bonchev–Trinajstić information content (AvgIpc) is 2.76. The first-order chi connectivity index (χ1) is 14.1. The van der Waals surface area contributed by atoms with Crippen LogP contribution >= 0.6 is 0 Å². The van der Waals surface area contributed by atoms with Crippen molar-refractivity contribution in [2.75, 3.05) is 13.7 Å². The lowest BCUT2D eigenvalue weighted by molar-refractivity contribution is -0.143. The van der Waals surface area contributed by atoms with Crippen molar-refractivity contribution in [2.24, 2.45) is 0 Å². The lowest BCUT2D eigenvalue weighted by atomic mass is 10.1. The van der Waals surface area contributed by atoms with Crippen LogP contribution in [0.1, 0.15) is 43.1 Å². The van der Waals surface area contributed by atoms with E-state index in [-0.39, 0.29) is 13.2 Å². The molecule has 2 aromatic rings. The predicted octanol–water partition coefficient (Wildman–Crippen LogP) is 3.33. The van der Waals surface area contributed by atoms with E-state index in [0.29, 0.717) is 17.1 Å². The van der Waals surface area contributed by atoms with Gasteiger partial charge in [-0.25, -0.2) is 5.48 Å². The van der Waals surface area contributed by atoms with Crippen LogP contribution in [0, 0.1) is 11.8 Å². The molecule has 1 amide bonds. The lowest BCUT2D eigenvalue weighted by Gasteiger charge is -2.13. The van der Waals surface area contributed by atoms with E-state index in [1.165, 1.54) is 0 Å². The van der Waals surface area contributed by atoms with Gasteiger partial charge in [-0.3, -0.25) is 9.63 Å². The molecule has 0 aliphatic rings. The third kappa shape index (κ3) is 6.83. The number of hydrogen-bond acceptors (Lipinski definition) is 5. The molecule has 0 radical (unpaired) electrons. The summed E-state index contributed by atoms with van der Waals surface area (Å²) >= 11 is 0. The normalized spacial score (nSPS) is 11.2. The SMILES string of the molecule is CCC#CCOc1ccc(CONC(=O)C(O)c2ccc(CC)cc2)cc1OC. The molecule has 0 aliphatic carbocycles. The minimum atomic E-state index is -1.30. The van der Waals surface area contributed by atoms with Crippen LogP contribution < -0.4 is 15.0 Å². The monoisotopic (exact) mass is 397 g/mol. The van der Waals surface area contributed by atoms with E-state index < -0.39 is 12.0 Å². The van der Waals surface area contributed by atoms with Crippen LogP contribution in [-0.4, -0.2) is 24.7 Å². The molecule has 0 aromatic heterocycles. The van der Waals surface area contributed by atoms with E-state index in [9.17, 15) is 9.90 Å². The molecule has 6 heteroatoms. The molecule has 0 saturated carbocycles. The Morgan fingerprint density at radius 2 is 1.79 bits per heavy atom. The van der Waals surface area contributed by atoms with Crippen molar-refractivity contribution in [3.63, 3.8) is 0 Å². The molecule has 1 atom stereocenters. The molecule has 29 heavy (non-hydrogen) atoms. The summed E-state index contributed by atoms with van der Waals surface area (Å²) < 4.78 is 10.9. The van der Waals surface area contributed by atoms with Crippen molar-refractivity contribution in [1.29, 1.82) is 0 Å². The number of aliphatic hydroxyl groups excluding tert-OH is 1.